The molecule has 0 amide bonds. The fourth-order valence-electron chi connectivity index (χ4n) is 2.83. The predicted octanol–water partition coefficient (Wildman–Crippen LogP) is 3.25. The third-order valence-electron chi connectivity index (χ3n) is 4.05. The van der Waals surface area contributed by atoms with E-state index in [4.69, 9.17) is 10.00 Å². The molecule has 0 bridgehead atoms. The molecule has 2 heterocycles. The third kappa shape index (κ3) is 2.86. The fraction of sp³-hybridized carbons (Fsp3) is 0.294. The van der Waals surface area contributed by atoms with E-state index in [1.54, 1.807) is 2.78 Å². The Labute approximate surface area is 148 Å². The normalized spacial score (nSPS) is 14.7. The van der Waals surface area contributed by atoms with Gasteiger partial charge in [0.05, 0.1) is 47.2 Å². The SMILES string of the molecule is C=C(C#N)C(=O)c1cc2cc(C)c(N3CCOCC3)cc2n1I. The highest BCUT2D eigenvalue weighted by molar-refractivity contribution is 14.1. The topological polar surface area (TPSA) is 58.3 Å². The van der Waals surface area contributed by atoms with Gasteiger partial charge in [-0.05, 0) is 30.7 Å². The molecule has 23 heavy (non-hydrogen) atoms. The summed E-state index contributed by atoms with van der Waals surface area (Å²) < 4.78 is 7.22. The lowest BCUT2D eigenvalue weighted by Crippen LogP contribution is -2.36. The van der Waals surface area contributed by atoms with Crippen LogP contribution >= 0.6 is 22.9 Å². The second-order valence-corrected chi connectivity index (χ2v) is 6.49. The highest BCUT2D eigenvalue weighted by atomic mass is 127. The molecule has 2 aromatic rings. The van der Waals surface area contributed by atoms with Gasteiger partial charge >= 0.3 is 0 Å². The Bertz CT molecular complexity index is 842. The Morgan fingerprint density at radius 2 is 2.04 bits per heavy atom. The molecule has 1 saturated heterocycles. The molecule has 1 fully saturated rings. The summed E-state index contributed by atoms with van der Waals surface area (Å²) in [6, 6.07) is 7.84. The summed E-state index contributed by atoms with van der Waals surface area (Å²) in [5.41, 5.74) is 3.72. The van der Waals surface area contributed by atoms with Crippen LogP contribution < -0.4 is 4.90 Å². The van der Waals surface area contributed by atoms with Crippen LogP contribution in [0, 0.1) is 18.3 Å². The van der Waals surface area contributed by atoms with E-state index in [2.05, 4.69) is 53.4 Å². The van der Waals surface area contributed by atoms with E-state index in [1.165, 1.54) is 5.56 Å². The number of aryl methyl sites for hydroxylation is 1. The molecule has 1 aromatic heterocycles. The summed E-state index contributed by atoms with van der Waals surface area (Å²) in [5, 5.41) is 9.88. The van der Waals surface area contributed by atoms with Gasteiger partial charge in [0, 0.05) is 24.2 Å². The molecule has 0 saturated carbocycles. The molecular weight excluding hydrogens is 405 g/mol. The zero-order valence-corrected chi connectivity index (χ0v) is 15.0. The number of anilines is 1. The number of aromatic nitrogens is 1. The van der Waals surface area contributed by atoms with Crippen molar-refractivity contribution in [2.45, 2.75) is 6.92 Å². The average molecular weight is 421 g/mol. The minimum absolute atomic E-state index is 0.0455. The summed E-state index contributed by atoms with van der Waals surface area (Å²) in [5.74, 6) is -0.330. The number of nitriles is 1. The van der Waals surface area contributed by atoms with Crippen molar-refractivity contribution < 1.29 is 9.53 Å². The number of carbonyl (C=O) groups excluding carboxylic acids is 1. The number of morpholine rings is 1. The van der Waals surface area contributed by atoms with Crippen LogP contribution in [-0.4, -0.2) is 34.9 Å². The zero-order chi connectivity index (χ0) is 16.6. The zero-order valence-electron chi connectivity index (χ0n) is 12.8. The monoisotopic (exact) mass is 421 g/mol. The number of hydrogen-bond acceptors (Lipinski definition) is 4. The lowest BCUT2D eigenvalue weighted by atomic mass is 10.1. The van der Waals surface area contributed by atoms with Gasteiger partial charge in [0.15, 0.2) is 0 Å². The number of benzene rings is 1. The standard InChI is InChI=1S/C17H16IN3O2/c1-11-7-13-8-16(17(22)12(2)10-19)21(18)15(13)9-14(11)20-3-5-23-6-4-20/h7-9H,2-6H2,1H3. The first kappa shape index (κ1) is 16.0. The number of allylic oxidation sites excluding steroid dienone is 1. The van der Waals surface area contributed by atoms with Gasteiger partial charge in [0.1, 0.15) is 11.8 Å². The fourth-order valence-corrected chi connectivity index (χ4v) is 3.61. The highest BCUT2D eigenvalue weighted by Gasteiger charge is 2.20. The van der Waals surface area contributed by atoms with Crippen LogP contribution in [0.5, 0.6) is 0 Å². The Kier molecular flexibility index (Phi) is 4.41. The predicted molar refractivity (Wildman–Crippen MR) is 98.2 cm³/mol. The minimum atomic E-state index is -0.330. The third-order valence-corrected chi connectivity index (χ3v) is 5.09. The van der Waals surface area contributed by atoms with Gasteiger partial charge in [-0.25, -0.2) is 0 Å². The summed E-state index contributed by atoms with van der Waals surface area (Å²) in [4.78, 5) is 14.6. The van der Waals surface area contributed by atoms with Crippen LogP contribution in [0.25, 0.3) is 10.9 Å². The van der Waals surface area contributed by atoms with Crippen molar-refractivity contribution in [3.05, 3.63) is 41.6 Å². The molecule has 0 aliphatic carbocycles. The van der Waals surface area contributed by atoms with E-state index < -0.39 is 0 Å². The number of hydrogen-bond donors (Lipinski definition) is 0. The molecular formula is C17H16IN3O2. The minimum Gasteiger partial charge on any atom is -0.378 e. The molecule has 5 nitrogen and oxygen atoms in total. The largest absolute Gasteiger partial charge is 0.378 e. The van der Waals surface area contributed by atoms with E-state index in [9.17, 15) is 4.79 Å². The van der Waals surface area contributed by atoms with Crippen LogP contribution in [0.2, 0.25) is 0 Å². The highest BCUT2D eigenvalue weighted by Crippen LogP contribution is 2.31. The number of Topliss-reactive ketones (excluding diaryl/α,β-unsaturated/α-hetero) is 1. The molecule has 0 unspecified atom stereocenters. The summed E-state index contributed by atoms with van der Waals surface area (Å²) in [6.45, 7) is 8.79. The van der Waals surface area contributed by atoms with Crippen LogP contribution in [-0.2, 0) is 4.74 Å². The summed E-state index contributed by atoms with van der Waals surface area (Å²) in [7, 11) is 0. The molecule has 118 valence electrons. The molecule has 1 aromatic carbocycles. The Hall–Kier alpha value is -1.85. The van der Waals surface area contributed by atoms with Crippen molar-refractivity contribution in [2.24, 2.45) is 0 Å². The summed E-state index contributed by atoms with van der Waals surface area (Å²) >= 11 is 2.10. The van der Waals surface area contributed by atoms with Gasteiger partial charge in [-0.2, -0.15) is 5.26 Å². The van der Waals surface area contributed by atoms with Crippen molar-refractivity contribution in [1.82, 2.24) is 2.78 Å². The molecule has 6 heteroatoms. The van der Waals surface area contributed by atoms with Crippen molar-refractivity contribution in [1.29, 1.82) is 5.26 Å². The first-order valence-corrected chi connectivity index (χ1v) is 8.28. The van der Waals surface area contributed by atoms with Gasteiger partial charge in [-0.1, -0.05) is 6.58 Å². The van der Waals surface area contributed by atoms with E-state index in [-0.39, 0.29) is 11.4 Å². The molecule has 3 rings (SSSR count). The molecule has 1 aliphatic heterocycles. The molecule has 0 atom stereocenters. The molecule has 0 spiro atoms. The number of fused-ring (bicyclic) bond motifs is 1. The van der Waals surface area contributed by atoms with E-state index in [1.807, 2.05) is 12.1 Å². The number of ether oxygens (including phenoxy) is 1. The van der Waals surface area contributed by atoms with Gasteiger partial charge < -0.3 is 9.64 Å². The number of rotatable bonds is 3. The maximum Gasteiger partial charge on any atom is 0.220 e. The van der Waals surface area contributed by atoms with Crippen LogP contribution in [0.4, 0.5) is 5.69 Å². The maximum atomic E-state index is 12.3. The number of halogens is 1. The lowest BCUT2D eigenvalue weighted by molar-refractivity contribution is 0.103. The van der Waals surface area contributed by atoms with E-state index in [0.717, 1.165) is 42.9 Å². The molecule has 1 aliphatic rings. The summed E-state index contributed by atoms with van der Waals surface area (Å²) in [6.07, 6.45) is 0. The van der Waals surface area contributed by atoms with Crippen molar-refractivity contribution in [3.63, 3.8) is 0 Å². The van der Waals surface area contributed by atoms with E-state index >= 15 is 0 Å². The van der Waals surface area contributed by atoms with E-state index in [0.29, 0.717) is 5.69 Å². The average Bonchev–Trinajstić information content (AvgIpc) is 2.89. The quantitative estimate of drug-likeness (QED) is 0.331. The first-order valence-electron chi connectivity index (χ1n) is 7.31. The van der Waals surface area contributed by atoms with Gasteiger partial charge in [0.25, 0.3) is 0 Å². The number of ketones is 1. The second-order valence-electron chi connectivity index (χ2n) is 5.53. The van der Waals surface area contributed by atoms with Crippen LogP contribution in [0.3, 0.4) is 0 Å². The number of nitrogens with zero attached hydrogens (tertiary/aromatic N) is 3. The van der Waals surface area contributed by atoms with Gasteiger partial charge in [-0.15, -0.1) is 0 Å². The number of carbonyl (C=O) groups is 1. The van der Waals surface area contributed by atoms with Crippen LogP contribution in [0.1, 0.15) is 16.1 Å². The Balaban J connectivity index is 2.09. The molecule has 0 N–H and O–H groups in total. The van der Waals surface area contributed by atoms with Gasteiger partial charge in [0.2, 0.25) is 5.78 Å². The van der Waals surface area contributed by atoms with Crippen molar-refractivity contribution >= 4 is 45.2 Å². The first-order chi connectivity index (χ1) is 11.0. The van der Waals surface area contributed by atoms with Crippen LogP contribution in [0.15, 0.2) is 30.4 Å². The van der Waals surface area contributed by atoms with Crippen molar-refractivity contribution in [2.75, 3.05) is 31.2 Å². The Morgan fingerprint density at radius 1 is 1.35 bits per heavy atom. The molecule has 0 radical (unpaired) electrons. The van der Waals surface area contributed by atoms with Gasteiger partial charge in [-0.3, -0.25) is 7.58 Å². The Morgan fingerprint density at radius 3 is 2.70 bits per heavy atom. The second kappa shape index (κ2) is 6.34. The van der Waals surface area contributed by atoms with Crippen molar-refractivity contribution in [3.8, 4) is 6.07 Å². The smallest absolute Gasteiger partial charge is 0.220 e. The maximum absolute atomic E-state index is 12.3. The lowest BCUT2D eigenvalue weighted by Gasteiger charge is -2.30.